The van der Waals surface area contributed by atoms with Crippen molar-refractivity contribution in [3.8, 4) is 0 Å². The van der Waals surface area contributed by atoms with Gasteiger partial charge in [-0.15, -0.1) is 0 Å². The van der Waals surface area contributed by atoms with Gasteiger partial charge in [-0.25, -0.2) is 9.37 Å². The molecule has 5 aromatic rings. The number of benzene rings is 2. The summed E-state index contributed by atoms with van der Waals surface area (Å²) in [6.07, 6.45) is 6.28. The van der Waals surface area contributed by atoms with E-state index in [1.54, 1.807) is 18.3 Å². The standard InChI is InChI=1S/C22H19FN6/c23-16-1-3-20-18(12-16)15(13-27-20)6-9-25-22-26-10-7-21(29-22)28-17-2-4-19-14(11-17)5-8-24-19/h1-5,7-8,10-13,24,27H,6,9H2,(H2,25,26,28,29). The second-order valence-corrected chi connectivity index (χ2v) is 6.85. The predicted octanol–water partition coefficient (Wildman–Crippen LogP) is 4.98. The zero-order chi connectivity index (χ0) is 19.6. The summed E-state index contributed by atoms with van der Waals surface area (Å²) in [5.41, 5.74) is 4.05. The number of nitrogens with one attached hydrogen (secondary N) is 4. The van der Waals surface area contributed by atoms with E-state index in [0.717, 1.165) is 39.5 Å². The summed E-state index contributed by atoms with van der Waals surface area (Å²) in [6, 6.07) is 14.7. The Morgan fingerprint density at radius 2 is 1.90 bits per heavy atom. The summed E-state index contributed by atoms with van der Waals surface area (Å²) in [7, 11) is 0. The van der Waals surface area contributed by atoms with Crippen LogP contribution in [0.15, 0.2) is 67.1 Å². The largest absolute Gasteiger partial charge is 0.361 e. The molecule has 0 fully saturated rings. The number of anilines is 3. The summed E-state index contributed by atoms with van der Waals surface area (Å²) >= 11 is 0. The lowest BCUT2D eigenvalue weighted by atomic mass is 10.1. The number of hydrogen-bond acceptors (Lipinski definition) is 4. The van der Waals surface area contributed by atoms with Crippen LogP contribution in [0, 0.1) is 5.82 Å². The van der Waals surface area contributed by atoms with Gasteiger partial charge in [0, 0.05) is 52.6 Å². The average molecular weight is 386 g/mol. The molecule has 0 atom stereocenters. The number of aromatic nitrogens is 4. The van der Waals surface area contributed by atoms with E-state index in [4.69, 9.17) is 0 Å². The van der Waals surface area contributed by atoms with Crippen LogP contribution in [0.4, 0.5) is 21.8 Å². The fraction of sp³-hybridized carbons (Fsp3) is 0.0909. The first-order valence-electron chi connectivity index (χ1n) is 9.41. The van der Waals surface area contributed by atoms with Crippen molar-refractivity contribution in [2.45, 2.75) is 6.42 Å². The van der Waals surface area contributed by atoms with Crippen LogP contribution < -0.4 is 10.6 Å². The Morgan fingerprint density at radius 1 is 0.966 bits per heavy atom. The minimum atomic E-state index is -0.230. The first-order chi connectivity index (χ1) is 14.2. The maximum absolute atomic E-state index is 13.5. The number of fused-ring (bicyclic) bond motifs is 2. The lowest BCUT2D eigenvalue weighted by molar-refractivity contribution is 0.629. The predicted molar refractivity (Wildman–Crippen MR) is 114 cm³/mol. The first kappa shape index (κ1) is 17.2. The SMILES string of the molecule is Fc1ccc2[nH]cc(CCNc3nccc(Nc4ccc5[nH]ccc5c4)n3)c2c1. The van der Waals surface area contributed by atoms with Gasteiger partial charge in [-0.05, 0) is 60.5 Å². The van der Waals surface area contributed by atoms with Crippen molar-refractivity contribution in [1.29, 1.82) is 0 Å². The molecule has 0 amide bonds. The molecule has 0 aliphatic rings. The Hall–Kier alpha value is -3.87. The van der Waals surface area contributed by atoms with Gasteiger partial charge in [-0.1, -0.05) is 0 Å². The third-order valence-corrected chi connectivity index (χ3v) is 4.89. The highest BCUT2D eigenvalue weighted by atomic mass is 19.1. The highest BCUT2D eigenvalue weighted by molar-refractivity contribution is 5.84. The smallest absolute Gasteiger partial charge is 0.224 e. The first-order valence-corrected chi connectivity index (χ1v) is 9.41. The van der Waals surface area contributed by atoms with Gasteiger partial charge in [0.15, 0.2) is 0 Å². The Labute approximate surface area is 166 Å². The normalized spacial score (nSPS) is 11.2. The molecule has 144 valence electrons. The molecule has 0 saturated heterocycles. The molecule has 4 N–H and O–H groups in total. The van der Waals surface area contributed by atoms with E-state index in [1.807, 2.05) is 36.7 Å². The van der Waals surface area contributed by atoms with Gasteiger partial charge < -0.3 is 20.6 Å². The van der Waals surface area contributed by atoms with Crippen LogP contribution in [-0.4, -0.2) is 26.5 Å². The minimum absolute atomic E-state index is 0.230. The molecule has 6 nitrogen and oxygen atoms in total. The average Bonchev–Trinajstić information content (AvgIpc) is 3.35. The highest BCUT2D eigenvalue weighted by Gasteiger charge is 2.06. The molecule has 2 aromatic carbocycles. The number of aromatic amines is 2. The summed E-state index contributed by atoms with van der Waals surface area (Å²) in [5.74, 6) is 1.03. The molecule has 0 saturated carbocycles. The maximum atomic E-state index is 13.5. The van der Waals surface area contributed by atoms with Crippen LogP contribution in [0.1, 0.15) is 5.56 Å². The Balaban J connectivity index is 1.25. The summed E-state index contributed by atoms with van der Waals surface area (Å²) in [5, 5.41) is 8.59. The van der Waals surface area contributed by atoms with Crippen molar-refractivity contribution in [3.63, 3.8) is 0 Å². The van der Waals surface area contributed by atoms with E-state index in [2.05, 4.69) is 36.6 Å². The molecule has 3 heterocycles. The van der Waals surface area contributed by atoms with E-state index in [-0.39, 0.29) is 5.82 Å². The van der Waals surface area contributed by atoms with E-state index in [1.165, 1.54) is 6.07 Å². The van der Waals surface area contributed by atoms with Gasteiger partial charge in [0.25, 0.3) is 0 Å². The fourth-order valence-corrected chi connectivity index (χ4v) is 3.46. The van der Waals surface area contributed by atoms with Crippen molar-refractivity contribution in [2.75, 3.05) is 17.2 Å². The molecule has 0 radical (unpaired) electrons. The van der Waals surface area contributed by atoms with Crippen molar-refractivity contribution >= 4 is 39.3 Å². The number of nitrogens with zero attached hydrogens (tertiary/aromatic N) is 2. The zero-order valence-corrected chi connectivity index (χ0v) is 15.5. The monoisotopic (exact) mass is 386 g/mol. The van der Waals surface area contributed by atoms with Crippen LogP contribution in [0.25, 0.3) is 21.8 Å². The molecule has 0 spiro atoms. The van der Waals surface area contributed by atoms with E-state index in [9.17, 15) is 4.39 Å². The molecule has 7 heteroatoms. The molecule has 29 heavy (non-hydrogen) atoms. The van der Waals surface area contributed by atoms with Crippen LogP contribution in [-0.2, 0) is 6.42 Å². The molecular weight excluding hydrogens is 367 g/mol. The lowest BCUT2D eigenvalue weighted by Gasteiger charge is -2.08. The molecule has 0 bridgehead atoms. The number of hydrogen-bond donors (Lipinski definition) is 4. The van der Waals surface area contributed by atoms with Crippen LogP contribution in [0.3, 0.4) is 0 Å². The van der Waals surface area contributed by atoms with Gasteiger partial charge in [0.05, 0.1) is 0 Å². The van der Waals surface area contributed by atoms with Gasteiger partial charge >= 0.3 is 0 Å². The van der Waals surface area contributed by atoms with Crippen molar-refractivity contribution in [1.82, 2.24) is 19.9 Å². The number of H-pyrrole nitrogens is 2. The number of halogens is 1. The molecule has 0 unspecified atom stereocenters. The lowest BCUT2D eigenvalue weighted by Crippen LogP contribution is -2.08. The Morgan fingerprint density at radius 3 is 2.86 bits per heavy atom. The molecule has 5 rings (SSSR count). The van der Waals surface area contributed by atoms with Crippen LogP contribution in [0.5, 0.6) is 0 Å². The molecule has 3 aromatic heterocycles. The van der Waals surface area contributed by atoms with E-state index in [0.29, 0.717) is 18.3 Å². The van der Waals surface area contributed by atoms with Crippen molar-refractivity contribution < 1.29 is 4.39 Å². The molecule has 0 aliphatic heterocycles. The van der Waals surface area contributed by atoms with Crippen LogP contribution in [0.2, 0.25) is 0 Å². The van der Waals surface area contributed by atoms with Gasteiger partial charge in [-0.2, -0.15) is 4.98 Å². The van der Waals surface area contributed by atoms with Gasteiger partial charge in [0.1, 0.15) is 11.6 Å². The topological polar surface area (TPSA) is 81.4 Å². The molecular formula is C22H19FN6. The van der Waals surface area contributed by atoms with E-state index < -0.39 is 0 Å². The Kier molecular flexibility index (Phi) is 4.32. The molecule has 0 aliphatic carbocycles. The third kappa shape index (κ3) is 3.62. The minimum Gasteiger partial charge on any atom is -0.361 e. The fourth-order valence-electron chi connectivity index (χ4n) is 3.46. The summed E-state index contributed by atoms with van der Waals surface area (Å²) < 4.78 is 13.5. The van der Waals surface area contributed by atoms with Crippen molar-refractivity contribution in [3.05, 3.63) is 78.5 Å². The van der Waals surface area contributed by atoms with Gasteiger partial charge in [0.2, 0.25) is 5.95 Å². The second kappa shape index (κ2) is 7.27. The highest BCUT2D eigenvalue weighted by Crippen LogP contribution is 2.22. The summed E-state index contributed by atoms with van der Waals surface area (Å²) in [6.45, 7) is 0.641. The quantitative estimate of drug-likeness (QED) is 0.332. The third-order valence-electron chi connectivity index (χ3n) is 4.89. The summed E-state index contributed by atoms with van der Waals surface area (Å²) in [4.78, 5) is 15.2. The number of rotatable bonds is 6. The van der Waals surface area contributed by atoms with Crippen LogP contribution >= 0.6 is 0 Å². The second-order valence-electron chi connectivity index (χ2n) is 6.85. The van der Waals surface area contributed by atoms with Gasteiger partial charge in [-0.3, -0.25) is 0 Å². The Bertz CT molecular complexity index is 1290. The maximum Gasteiger partial charge on any atom is 0.224 e. The zero-order valence-electron chi connectivity index (χ0n) is 15.5. The van der Waals surface area contributed by atoms with Crippen molar-refractivity contribution in [2.24, 2.45) is 0 Å². The van der Waals surface area contributed by atoms with E-state index >= 15 is 0 Å².